The van der Waals surface area contributed by atoms with Crippen molar-refractivity contribution < 1.29 is 14.4 Å². The van der Waals surface area contributed by atoms with Gasteiger partial charge in [-0.05, 0) is 61.5 Å². The molecule has 0 spiro atoms. The maximum Gasteiger partial charge on any atom is 0.243 e. The van der Waals surface area contributed by atoms with Gasteiger partial charge in [0, 0.05) is 13.1 Å². The number of benzene rings is 2. The molecule has 0 bridgehead atoms. The van der Waals surface area contributed by atoms with Gasteiger partial charge in [0.2, 0.25) is 17.7 Å². The number of nitrogens with one attached hydrogen (secondary N) is 1. The highest BCUT2D eigenvalue weighted by Crippen LogP contribution is 2.37. The van der Waals surface area contributed by atoms with Gasteiger partial charge in [-0.15, -0.1) is 0 Å². The van der Waals surface area contributed by atoms with Crippen molar-refractivity contribution in [1.29, 1.82) is 0 Å². The Bertz CT molecular complexity index is 1110. The van der Waals surface area contributed by atoms with Gasteiger partial charge in [0.05, 0.1) is 11.8 Å². The van der Waals surface area contributed by atoms with Crippen LogP contribution in [0.25, 0.3) is 11.1 Å². The van der Waals surface area contributed by atoms with Crippen molar-refractivity contribution in [2.24, 2.45) is 17.8 Å². The normalized spacial score (nSPS) is 20.2. The Kier molecular flexibility index (Phi) is 8.04. The first-order valence-corrected chi connectivity index (χ1v) is 12.9. The molecule has 1 saturated heterocycles. The second-order valence-electron chi connectivity index (χ2n) is 10.7. The fraction of sp³-hybridized carbons (Fsp3) is 0.433. The van der Waals surface area contributed by atoms with Crippen LogP contribution >= 0.6 is 0 Å². The third-order valence-electron chi connectivity index (χ3n) is 7.08. The van der Waals surface area contributed by atoms with Gasteiger partial charge in [-0.1, -0.05) is 74.5 Å². The Balaban J connectivity index is 1.51. The average Bonchev–Trinajstić information content (AvgIpc) is 3.11. The molecule has 6 nitrogen and oxygen atoms in total. The van der Waals surface area contributed by atoms with Crippen molar-refractivity contribution >= 4 is 17.7 Å². The number of hydrogen-bond acceptors (Lipinski definition) is 4. The molecule has 190 valence electrons. The molecule has 2 aromatic rings. The Morgan fingerprint density at radius 1 is 0.972 bits per heavy atom. The van der Waals surface area contributed by atoms with Gasteiger partial charge in [0.25, 0.3) is 0 Å². The molecule has 0 unspecified atom stereocenters. The largest absolute Gasteiger partial charge is 0.350 e. The third-order valence-corrected chi connectivity index (χ3v) is 7.08. The smallest absolute Gasteiger partial charge is 0.243 e. The lowest BCUT2D eigenvalue weighted by Crippen LogP contribution is -2.50. The van der Waals surface area contributed by atoms with E-state index in [4.69, 9.17) is 0 Å². The molecule has 2 aliphatic rings. The zero-order chi connectivity index (χ0) is 25.8. The third kappa shape index (κ3) is 5.59. The van der Waals surface area contributed by atoms with Crippen LogP contribution < -0.4 is 5.32 Å². The first kappa shape index (κ1) is 25.8. The van der Waals surface area contributed by atoms with Crippen LogP contribution in [-0.4, -0.2) is 47.7 Å². The molecule has 0 aromatic heterocycles. The molecule has 3 amide bonds. The fourth-order valence-electron chi connectivity index (χ4n) is 5.32. The van der Waals surface area contributed by atoms with Crippen LogP contribution in [0.3, 0.4) is 0 Å². The molecular weight excluding hydrogens is 450 g/mol. The molecule has 6 heteroatoms. The van der Waals surface area contributed by atoms with Crippen molar-refractivity contribution in [2.75, 3.05) is 14.1 Å². The van der Waals surface area contributed by atoms with Crippen LogP contribution in [0.2, 0.25) is 0 Å². The molecule has 0 radical (unpaired) electrons. The van der Waals surface area contributed by atoms with Crippen molar-refractivity contribution in [3.05, 3.63) is 71.8 Å². The molecular formula is C30H37N3O3. The number of nitrogens with zero attached hydrogens (tertiary/aromatic N) is 2. The summed E-state index contributed by atoms with van der Waals surface area (Å²) < 4.78 is 0. The van der Waals surface area contributed by atoms with E-state index in [-0.39, 0.29) is 35.5 Å². The Labute approximate surface area is 214 Å². The van der Waals surface area contributed by atoms with E-state index in [9.17, 15) is 14.4 Å². The van der Waals surface area contributed by atoms with Crippen LogP contribution in [0, 0.1) is 17.8 Å². The number of carbonyl (C=O) groups is 3. The lowest BCUT2D eigenvalue weighted by molar-refractivity contribution is -0.148. The molecule has 3 atom stereocenters. The molecule has 1 aliphatic heterocycles. The first-order valence-electron chi connectivity index (χ1n) is 12.9. The summed E-state index contributed by atoms with van der Waals surface area (Å²) in [5.74, 6) is -1.17. The SMILES string of the molecule is CC(C)C[C@H](C(=O)NCc1ccccc1-c1ccc(CN(C)C)cc1)N1C(=O)[C@H]2CC=CC[C@H]2C1=O. The summed E-state index contributed by atoms with van der Waals surface area (Å²) in [6.07, 6.45) is 5.53. The second kappa shape index (κ2) is 11.2. The van der Waals surface area contributed by atoms with Crippen LogP contribution in [0.4, 0.5) is 0 Å². The highest BCUT2D eigenvalue weighted by molar-refractivity contribution is 6.08. The van der Waals surface area contributed by atoms with Gasteiger partial charge in [-0.2, -0.15) is 0 Å². The minimum absolute atomic E-state index is 0.162. The standard InChI is InChI=1S/C30H37N3O3/c1-20(2)17-27(33-29(35)25-11-7-8-12-26(25)30(33)36)28(34)31-18-23-9-5-6-10-24(23)22-15-13-21(14-16-22)19-32(3)4/h5-10,13-16,20,25-27H,11-12,17-19H2,1-4H3,(H,31,34)/t25-,26+,27-/m1/s1. The lowest BCUT2D eigenvalue weighted by Gasteiger charge is -2.27. The van der Waals surface area contributed by atoms with Crippen molar-refractivity contribution in [3.63, 3.8) is 0 Å². The van der Waals surface area contributed by atoms with E-state index >= 15 is 0 Å². The maximum atomic E-state index is 13.5. The second-order valence-corrected chi connectivity index (χ2v) is 10.7. The molecule has 4 rings (SSSR count). The number of fused-ring (bicyclic) bond motifs is 1. The predicted octanol–water partition coefficient (Wildman–Crippen LogP) is 4.40. The number of rotatable bonds is 9. The van der Waals surface area contributed by atoms with Gasteiger partial charge >= 0.3 is 0 Å². The number of likely N-dealkylation sites (tertiary alicyclic amines) is 1. The monoisotopic (exact) mass is 487 g/mol. The highest BCUT2D eigenvalue weighted by atomic mass is 16.2. The number of carbonyl (C=O) groups excluding carboxylic acids is 3. The number of imide groups is 1. The van der Waals surface area contributed by atoms with E-state index < -0.39 is 6.04 Å². The van der Waals surface area contributed by atoms with E-state index in [0.29, 0.717) is 25.8 Å². The molecule has 1 heterocycles. The Hall–Kier alpha value is -3.25. The first-order chi connectivity index (χ1) is 17.3. The molecule has 1 N–H and O–H groups in total. The van der Waals surface area contributed by atoms with Gasteiger partial charge in [-0.3, -0.25) is 19.3 Å². The summed E-state index contributed by atoms with van der Waals surface area (Å²) >= 11 is 0. The van der Waals surface area contributed by atoms with Gasteiger partial charge in [-0.25, -0.2) is 0 Å². The van der Waals surface area contributed by atoms with E-state index in [1.54, 1.807) is 0 Å². The molecule has 0 saturated carbocycles. The molecule has 1 fully saturated rings. The van der Waals surface area contributed by atoms with Crippen molar-refractivity contribution in [3.8, 4) is 11.1 Å². The van der Waals surface area contributed by atoms with E-state index in [2.05, 4.69) is 40.5 Å². The highest BCUT2D eigenvalue weighted by Gasteiger charge is 2.51. The summed E-state index contributed by atoms with van der Waals surface area (Å²) in [7, 11) is 4.10. The minimum atomic E-state index is -0.784. The molecule has 2 aromatic carbocycles. The zero-order valence-electron chi connectivity index (χ0n) is 21.7. The van der Waals surface area contributed by atoms with Crippen molar-refractivity contribution in [2.45, 2.75) is 52.2 Å². The predicted molar refractivity (Wildman–Crippen MR) is 142 cm³/mol. The number of amides is 3. The minimum Gasteiger partial charge on any atom is -0.350 e. The summed E-state index contributed by atoms with van der Waals surface area (Å²) in [5.41, 5.74) is 4.37. The number of hydrogen-bond donors (Lipinski definition) is 1. The van der Waals surface area contributed by atoms with Crippen LogP contribution in [0.15, 0.2) is 60.7 Å². The van der Waals surface area contributed by atoms with E-state index in [1.807, 2.05) is 58.3 Å². The van der Waals surface area contributed by atoms with Gasteiger partial charge in [0.15, 0.2) is 0 Å². The van der Waals surface area contributed by atoms with Crippen LogP contribution in [0.1, 0.15) is 44.2 Å². The van der Waals surface area contributed by atoms with Gasteiger partial charge in [0.1, 0.15) is 6.04 Å². The topological polar surface area (TPSA) is 69.7 Å². The maximum absolute atomic E-state index is 13.5. The summed E-state index contributed by atoms with van der Waals surface area (Å²) in [6.45, 7) is 5.22. The van der Waals surface area contributed by atoms with Crippen LogP contribution in [0.5, 0.6) is 0 Å². The number of allylic oxidation sites excluding steroid dienone is 2. The summed E-state index contributed by atoms with van der Waals surface area (Å²) in [4.78, 5) is 43.2. The average molecular weight is 488 g/mol. The van der Waals surface area contributed by atoms with Crippen molar-refractivity contribution in [1.82, 2.24) is 15.1 Å². The zero-order valence-corrected chi connectivity index (χ0v) is 21.7. The van der Waals surface area contributed by atoms with E-state index in [0.717, 1.165) is 23.2 Å². The molecule has 1 aliphatic carbocycles. The Morgan fingerprint density at radius 2 is 1.58 bits per heavy atom. The van der Waals surface area contributed by atoms with Gasteiger partial charge < -0.3 is 10.2 Å². The lowest BCUT2D eigenvalue weighted by atomic mass is 9.85. The van der Waals surface area contributed by atoms with E-state index in [1.165, 1.54) is 10.5 Å². The Morgan fingerprint density at radius 3 is 2.17 bits per heavy atom. The summed E-state index contributed by atoms with van der Waals surface area (Å²) in [6, 6.07) is 15.7. The molecule has 36 heavy (non-hydrogen) atoms. The quantitative estimate of drug-likeness (QED) is 0.421. The summed E-state index contributed by atoms with van der Waals surface area (Å²) in [5, 5.41) is 3.04. The van der Waals surface area contributed by atoms with Crippen LogP contribution in [-0.2, 0) is 27.5 Å². The fourth-order valence-corrected chi connectivity index (χ4v) is 5.32.